The maximum atomic E-state index is 13.0. The van der Waals surface area contributed by atoms with Crippen molar-refractivity contribution in [1.29, 1.82) is 0 Å². The van der Waals surface area contributed by atoms with Crippen LogP contribution in [0.4, 0.5) is 0 Å². The van der Waals surface area contributed by atoms with E-state index in [-0.39, 0.29) is 45.1 Å². The summed E-state index contributed by atoms with van der Waals surface area (Å²) in [5, 5.41) is 22.5. The van der Waals surface area contributed by atoms with Gasteiger partial charge in [0, 0.05) is 6.92 Å². The van der Waals surface area contributed by atoms with Gasteiger partial charge in [0.05, 0.1) is 17.6 Å². The topological polar surface area (TPSA) is 83.8 Å². The largest absolute Gasteiger partial charge is 0.461 e. The van der Waals surface area contributed by atoms with Gasteiger partial charge >= 0.3 is 5.97 Å². The molecule has 10 atom stereocenters. The molecule has 5 aliphatic rings. The Hall–Kier alpha value is -1.20. The summed E-state index contributed by atoms with van der Waals surface area (Å²) >= 11 is 0. The van der Waals surface area contributed by atoms with E-state index in [9.17, 15) is 19.8 Å². The lowest BCUT2D eigenvalue weighted by atomic mass is 9.33. The lowest BCUT2D eigenvalue weighted by Gasteiger charge is -2.72. The molecular formula is C32H50O5. The number of esters is 1. The number of aliphatic hydroxyl groups excluding tert-OH is 2. The molecule has 37 heavy (non-hydrogen) atoms. The average molecular weight is 515 g/mol. The monoisotopic (exact) mass is 514 g/mol. The Labute approximate surface area is 223 Å². The molecule has 5 rings (SSSR count). The number of rotatable bonds is 2. The molecule has 0 aliphatic heterocycles. The molecule has 4 saturated carbocycles. The summed E-state index contributed by atoms with van der Waals surface area (Å²) in [5.74, 6) is 0.384. The average Bonchev–Trinajstić information content (AvgIpc) is 2.76. The minimum absolute atomic E-state index is 0.0271. The molecule has 0 heterocycles. The second-order valence-corrected chi connectivity index (χ2v) is 15.7. The van der Waals surface area contributed by atoms with Gasteiger partial charge in [-0.15, -0.1) is 0 Å². The third-order valence-electron chi connectivity index (χ3n) is 13.2. The second kappa shape index (κ2) is 8.16. The Morgan fingerprint density at radius 2 is 1.62 bits per heavy atom. The molecule has 0 aromatic rings. The molecule has 3 unspecified atom stereocenters. The molecule has 0 aromatic heterocycles. The van der Waals surface area contributed by atoms with Crippen molar-refractivity contribution in [1.82, 2.24) is 0 Å². The SMILES string of the molecule is CC(=O)OC1C[C@]2(C)C(=CC[C@@H]3[C@@]4(C)CCC(O)C(C)(C)[C@@H]4CC[C@]32C)[C@@H]2CC(C)(C)CC(O)[C@]12C=O. The van der Waals surface area contributed by atoms with Crippen LogP contribution in [0.1, 0.15) is 107 Å². The Balaban J connectivity index is 1.66. The van der Waals surface area contributed by atoms with E-state index in [1.54, 1.807) is 0 Å². The summed E-state index contributed by atoms with van der Waals surface area (Å²) in [7, 11) is 0. The van der Waals surface area contributed by atoms with Crippen molar-refractivity contribution in [2.45, 2.75) is 125 Å². The highest BCUT2D eigenvalue weighted by Gasteiger charge is 2.72. The van der Waals surface area contributed by atoms with Gasteiger partial charge in [0.2, 0.25) is 0 Å². The molecule has 0 bridgehead atoms. The first kappa shape index (κ1) is 27.4. The van der Waals surface area contributed by atoms with E-state index in [0.29, 0.717) is 24.7 Å². The zero-order valence-electron chi connectivity index (χ0n) is 24.4. The fraction of sp³-hybridized carbons (Fsp3) is 0.875. The molecule has 0 radical (unpaired) electrons. The summed E-state index contributed by atoms with van der Waals surface area (Å²) in [4.78, 5) is 25.4. The number of allylic oxidation sites excluding steroid dienone is 2. The van der Waals surface area contributed by atoms with Crippen molar-refractivity contribution < 1.29 is 24.5 Å². The normalized spacial score (nSPS) is 51.9. The highest BCUT2D eigenvalue weighted by molar-refractivity contribution is 5.70. The number of aldehydes is 1. The van der Waals surface area contributed by atoms with E-state index in [4.69, 9.17) is 4.74 Å². The van der Waals surface area contributed by atoms with E-state index in [1.165, 1.54) is 12.5 Å². The second-order valence-electron chi connectivity index (χ2n) is 15.7. The first-order valence-corrected chi connectivity index (χ1v) is 14.7. The fourth-order valence-electron chi connectivity index (χ4n) is 11.1. The van der Waals surface area contributed by atoms with Crippen LogP contribution in [0.3, 0.4) is 0 Å². The lowest BCUT2D eigenvalue weighted by molar-refractivity contribution is -0.228. The van der Waals surface area contributed by atoms with Crippen LogP contribution in [0.5, 0.6) is 0 Å². The standard InChI is InChI=1S/C32H50O5/c1-19(34)37-26-17-31(8)20(21-15-27(2,3)16-25(36)32(21,26)18-33)9-10-23-29(6)13-12-24(35)28(4,5)22(29)11-14-30(23,31)7/h9,18,21-26,35-36H,10-17H2,1-8H3/t21-,22-,23+,24?,25?,26?,29-,30+,31+,32+/m0/s1. The van der Waals surface area contributed by atoms with E-state index in [0.717, 1.165) is 44.8 Å². The molecule has 0 spiro atoms. The van der Waals surface area contributed by atoms with Crippen molar-refractivity contribution in [3.63, 3.8) is 0 Å². The van der Waals surface area contributed by atoms with Crippen molar-refractivity contribution in [3.8, 4) is 0 Å². The Kier molecular flexibility index (Phi) is 6.04. The maximum absolute atomic E-state index is 13.0. The molecular weight excluding hydrogens is 464 g/mol. The first-order chi connectivity index (χ1) is 17.0. The van der Waals surface area contributed by atoms with Gasteiger partial charge in [-0.3, -0.25) is 4.79 Å². The van der Waals surface area contributed by atoms with E-state index < -0.39 is 17.6 Å². The molecule has 0 saturated heterocycles. The van der Waals surface area contributed by atoms with Gasteiger partial charge in [0.1, 0.15) is 12.4 Å². The maximum Gasteiger partial charge on any atom is 0.302 e. The molecule has 5 heteroatoms. The van der Waals surface area contributed by atoms with E-state index in [2.05, 4.69) is 54.5 Å². The van der Waals surface area contributed by atoms with Gasteiger partial charge in [-0.25, -0.2) is 0 Å². The number of hydrogen-bond acceptors (Lipinski definition) is 5. The van der Waals surface area contributed by atoms with Crippen LogP contribution >= 0.6 is 0 Å². The van der Waals surface area contributed by atoms with Gasteiger partial charge in [-0.2, -0.15) is 0 Å². The quantitative estimate of drug-likeness (QED) is 0.274. The molecule has 208 valence electrons. The molecule has 0 amide bonds. The smallest absolute Gasteiger partial charge is 0.302 e. The van der Waals surface area contributed by atoms with E-state index >= 15 is 0 Å². The van der Waals surface area contributed by atoms with Crippen molar-refractivity contribution in [3.05, 3.63) is 11.6 Å². The van der Waals surface area contributed by atoms with Crippen LogP contribution in [-0.2, 0) is 14.3 Å². The molecule has 0 aromatic carbocycles. The van der Waals surface area contributed by atoms with Crippen molar-refractivity contribution in [2.75, 3.05) is 0 Å². The van der Waals surface area contributed by atoms with Crippen molar-refractivity contribution in [2.24, 2.45) is 50.2 Å². The van der Waals surface area contributed by atoms with Crippen LogP contribution in [-0.4, -0.2) is 40.8 Å². The Morgan fingerprint density at radius 1 is 0.946 bits per heavy atom. The predicted octanol–water partition coefficient (Wildman–Crippen LogP) is 5.86. The van der Waals surface area contributed by atoms with Gasteiger partial charge in [0.15, 0.2) is 0 Å². The number of ether oxygens (including phenoxy) is 1. The summed E-state index contributed by atoms with van der Waals surface area (Å²) in [6.07, 6.45) is 8.54. The van der Waals surface area contributed by atoms with Gasteiger partial charge < -0.3 is 19.7 Å². The Bertz CT molecular complexity index is 1010. The van der Waals surface area contributed by atoms with Crippen LogP contribution in [0.25, 0.3) is 0 Å². The Morgan fingerprint density at radius 3 is 2.24 bits per heavy atom. The minimum Gasteiger partial charge on any atom is -0.461 e. The summed E-state index contributed by atoms with van der Waals surface area (Å²) in [6, 6.07) is 0. The van der Waals surface area contributed by atoms with Crippen molar-refractivity contribution >= 4 is 12.3 Å². The third kappa shape index (κ3) is 3.41. The summed E-state index contributed by atoms with van der Waals surface area (Å²) in [5.41, 5.74) is -0.145. The number of aliphatic hydroxyl groups is 2. The van der Waals surface area contributed by atoms with Gasteiger partial charge in [-0.05, 0) is 96.2 Å². The highest BCUT2D eigenvalue weighted by atomic mass is 16.5. The number of hydrogen-bond donors (Lipinski definition) is 2. The molecule has 2 N–H and O–H groups in total. The zero-order valence-corrected chi connectivity index (χ0v) is 24.4. The van der Waals surface area contributed by atoms with Crippen LogP contribution < -0.4 is 0 Å². The van der Waals surface area contributed by atoms with Crippen LogP contribution in [0.2, 0.25) is 0 Å². The number of carbonyl (C=O) groups excluding carboxylic acids is 2. The van der Waals surface area contributed by atoms with Gasteiger partial charge in [0.25, 0.3) is 0 Å². The third-order valence-corrected chi connectivity index (χ3v) is 13.2. The first-order valence-electron chi connectivity index (χ1n) is 14.7. The van der Waals surface area contributed by atoms with Gasteiger partial charge in [-0.1, -0.05) is 60.1 Å². The zero-order chi connectivity index (χ0) is 27.4. The number of fused-ring (bicyclic) bond motifs is 7. The fourth-order valence-corrected chi connectivity index (χ4v) is 11.1. The minimum atomic E-state index is -1.09. The number of carbonyl (C=O) groups is 2. The summed E-state index contributed by atoms with van der Waals surface area (Å²) < 4.78 is 6.02. The molecule has 4 fully saturated rings. The summed E-state index contributed by atoms with van der Waals surface area (Å²) in [6.45, 7) is 17.6. The van der Waals surface area contributed by atoms with E-state index in [1.807, 2.05) is 0 Å². The van der Waals surface area contributed by atoms with Crippen LogP contribution in [0, 0.1) is 50.2 Å². The molecule has 5 nitrogen and oxygen atoms in total. The lowest BCUT2D eigenvalue weighted by Crippen LogP contribution is -2.69. The molecule has 5 aliphatic carbocycles. The van der Waals surface area contributed by atoms with Crippen LogP contribution in [0.15, 0.2) is 11.6 Å². The highest BCUT2D eigenvalue weighted by Crippen LogP contribution is 2.75. The predicted molar refractivity (Wildman–Crippen MR) is 143 cm³/mol.